The zero-order valence-electron chi connectivity index (χ0n) is 18.6. The molecule has 3 rings (SSSR count). The number of allylic oxidation sites excluding steroid dienone is 1. The molecule has 1 aliphatic rings. The Morgan fingerprint density at radius 1 is 1.23 bits per heavy atom. The molecule has 166 valence electrons. The van der Waals surface area contributed by atoms with Crippen molar-refractivity contribution in [3.8, 4) is 0 Å². The largest absolute Gasteiger partial charge is 0.464 e. The van der Waals surface area contributed by atoms with Crippen molar-refractivity contribution in [1.82, 2.24) is 9.61 Å². The van der Waals surface area contributed by atoms with Gasteiger partial charge in [-0.2, -0.15) is 5.10 Å². The molecule has 8 nitrogen and oxygen atoms in total. The normalized spacial score (nSPS) is 15.5. The number of aryl methyl sites for hydroxylation is 1. The molecule has 1 fully saturated rings. The second kappa shape index (κ2) is 8.91. The standard InChI is InChI=1S/C23H29N3O5/c1-6-7-8-23(3)9-11-25(12-10-23)19-17-13-16(21(28)30-4)24-26(17)14-15(2)18(19)20(27)22(29)31-5/h6,13-14H,1,7-12H2,2-5H3. The Balaban J connectivity index is 2.11. The molecule has 31 heavy (non-hydrogen) atoms. The Labute approximate surface area is 181 Å². The van der Waals surface area contributed by atoms with Crippen molar-refractivity contribution >= 4 is 28.9 Å². The number of hydrogen-bond donors (Lipinski definition) is 0. The van der Waals surface area contributed by atoms with E-state index < -0.39 is 17.7 Å². The van der Waals surface area contributed by atoms with Crippen molar-refractivity contribution < 1.29 is 23.9 Å². The number of ketones is 1. The van der Waals surface area contributed by atoms with E-state index in [9.17, 15) is 14.4 Å². The van der Waals surface area contributed by atoms with Crippen LogP contribution in [0.5, 0.6) is 0 Å². The summed E-state index contributed by atoms with van der Waals surface area (Å²) in [6.07, 6.45) is 7.47. The van der Waals surface area contributed by atoms with Crippen molar-refractivity contribution in [3.05, 3.63) is 41.7 Å². The first-order chi connectivity index (χ1) is 14.7. The number of methoxy groups -OCH3 is 2. The molecule has 0 aromatic carbocycles. The molecule has 2 aromatic rings. The Morgan fingerprint density at radius 2 is 1.90 bits per heavy atom. The number of nitrogens with zero attached hydrogens (tertiary/aromatic N) is 3. The van der Waals surface area contributed by atoms with Gasteiger partial charge in [0.1, 0.15) is 0 Å². The van der Waals surface area contributed by atoms with E-state index in [0.29, 0.717) is 29.9 Å². The zero-order chi connectivity index (χ0) is 22.8. The number of anilines is 1. The number of carbonyl (C=O) groups excluding carboxylic acids is 3. The lowest BCUT2D eigenvalue weighted by molar-refractivity contribution is -0.135. The van der Waals surface area contributed by atoms with Crippen LogP contribution in [0.3, 0.4) is 0 Å². The third-order valence-electron chi connectivity index (χ3n) is 6.16. The van der Waals surface area contributed by atoms with Gasteiger partial charge in [0.15, 0.2) is 5.69 Å². The Kier molecular flexibility index (Phi) is 6.48. The molecule has 0 bridgehead atoms. The van der Waals surface area contributed by atoms with E-state index in [1.165, 1.54) is 14.2 Å². The maximum Gasteiger partial charge on any atom is 0.379 e. The number of rotatable bonds is 7. The van der Waals surface area contributed by atoms with Gasteiger partial charge in [-0.05, 0) is 43.6 Å². The van der Waals surface area contributed by atoms with Gasteiger partial charge in [0.25, 0.3) is 5.78 Å². The summed E-state index contributed by atoms with van der Waals surface area (Å²) in [6, 6.07) is 1.60. The number of aromatic nitrogens is 2. The first-order valence-corrected chi connectivity index (χ1v) is 10.3. The van der Waals surface area contributed by atoms with E-state index in [-0.39, 0.29) is 16.7 Å². The van der Waals surface area contributed by atoms with Crippen LogP contribution < -0.4 is 4.90 Å². The van der Waals surface area contributed by atoms with Crippen LogP contribution in [0.2, 0.25) is 0 Å². The number of pyridine rings is 1. The minimum atomic E-state index is -0.922. The fraction of sp³-hybridized carbons (Fsp3) is 0.478. The van der Waals surface area contributed by atoms with E-state index in [1.807, 2.05) is 6.08 Å². The summed E-state index contributed by atoms with van der Waals surface area (Å²) in [5.41, 5.74) is 2.37. The van der Waals surface area contributed by atoms with E-state index in [4.69, 9.17) is 9.47 Å². The molecule has 0 atom stereocenters. The van der Waals surface area contributed by atoms with Gasteiger partial charge < -0.3 is 14.4 Å². The van der Waals surface area contributed by atoms with E-state index in [2.05, 4.69) is 23.5 Å². The number of carbonyl (C=O) groups is 3. The summed E-state index contributed by atoms with van der Waals surface area (Å²) >= 11 is 0. The average molecular weight is 428 g/mol. The maximum atomic E-state index is 12.9. The molecule has 0 unspecified atom stereocenters. The van der Waals surface area contributed by atoms with Gasteiger partial charge in [-0.25, -0.2) is 14.1 Å². The molecular weight excluding hydrogens is 398 g/mol. The fourth-order valence-corrected chi connectivity index (χ4v) is 4.21. The third kappa shape index (κ3) is 4.33. The fourth-order valence-electron chi connectivity index (χ4n) is 4.21. The predicted molar refractivity (Wildman–Crippen MR) is 117 cm³/mol. The molecule has 0 spiro atoms. The molecule has 8 heteroatoms. The quantitative estimate of drug-likeness (QED) is 0.290. The zero-order valence-corrected chi connectivity index (χ0v) is 18.6. The van der Waals surface area contributed by atoms with E-state index in [0.717, 1.165) is 25.7 Å². The molecule has 1 saturated heterocycles. The van der Waals surface area contributed by atoms with Crippen LogP contribution in [0.25, 0.3) is 5.52 Å². The Bertz CT molecular complexity index is 1030. The van der Waals surface area contributed by atoms with Gasteiger partial charge in [0, 0.05) is 25.4 Å². The highest BCUT2D eigenvalue weighted by atomic mass is 16.5. The van der Waals surface area contributed by atoms with Crippen LogP contribution in [-0.2, 0) is 14.3 Å². The Hall–Kier alpha value is -3.16. The van der Waals surface area contributed by atoms with Crippen molar-refractivity contribution in [2.75, 3.05) is 32.2 Å². The smallest absolute Gasteiger partial charge is 0.379 e. The second-order valence-electron chi connectivity index (χ2n) is 8.33. The summed E-state index contributed by atoms with van der Waals surface area (Å²) < 4.78 is 11.1. The Morgan fingerprint density at radius 3 is 2.48 bits per heavy atom. The van der Waals surface area contributed by atoms with Gasteiger partial charge in [-0.1, -0.05) is 13.0 Å². The SMILES string of the molecule is C=CCCC1(C)CCN(c2c(C(=O)C(=O)OC)c(C)cn3nc(C(=O)OC)cc23)CC1. The molecule has 2 aromatic heterocycles. The van der Waals surface area contributed by atoms with Crippen molar-refractivity contribution in [2.24, 2.45) is 5.41 Å². The number of Topliss-reactive ketones (excluding diaryl/α,β-unsaturated/α-hetero) is 1. The lowest BCUT2D eigenvalue weighted by Crippen LogP contribution is -2.40. The van der Waals surface area contributed by atoms with Crippen molar-refractivity contribution in [2.45, 2.75) is 39.5 Å². The lowest BCUT2D eigenvalue weighted by atomic mass is 9.76. The molecule has 1 aliphatic heterocycles. The lowest BCUT2D eigenvalue weighted by Gasteiger charge is -2.41. The van der Waals surface area contributed by atoms with Crippen LogP contribution in [0.15, 0.2) is 24.9 Å². The minimum Gasteiger partial charge on any atom is -0.464 e. The average Bonchev–Trinajstić information content (AvgIpc) is 3.19. The predicted octanol–water partition coefficient (Wildman–Crippen LogP) is 3.36. The van der Waals surface area contributed by atoms with Gasteiger partial charge in [-0.3, -0.25) is 4.79 Å². The summed E-state index contributed by atoms with van der Waals surface area (Å²) in [4.78, 5) is 39.2. The summed E-state index contributed by atoms with van der Waals surface area (Å²) in [5.74, 6) is -2.20. The molecular formula is C23H29N3O5. The summed E-state index contributed by atoms with van der Waals surface area (Å²) in [5, 5.41) is 4.31. The van der Waals surface area contributed by atoms with Crippen LogP contribution in [0, 0.1) is 12.3 Å². The van der Waals surface area contributed by atoms with Gasteiger partial charge >= 0.3 is 11.9 Å². The second-order valence-corrected chi connectivity index (χ2v) is 8.33. The number of piperidine rings is 1. The first kappa shape index (κ1) is 22.5. The molecule has 0 radical (unpaired) electrons. The van der Waals surface area contributed by atoms with E-state index in [1.54, 1.807) is 23.7 Å². The van der Waals surface area contributed by atoms with Crippen molar-refractivity contribution in [1.29, 1.82) is 0 Å². The summed E-state index contributed by atoms with van der Waals surface area (Å²) in [7, 11) is 2.48. The highest BCUT2D eigenvalue weighted by molar-refractivity contribution is 6.42. The number of hydrogen-bond acceptors (Lipinski definition) is 7. The summed E-state index contributed by atoms with van der Waals surface area (Å²) in [6.45, 7) is 9.27. The van der Waals surface area contributed by atoms with Crippen LogP contribution in [0.1, 0.15) is 59.0 Å². The highest BCUT2D eigenvalue weighted by Gasteiger charge is 2.34. The maximum absolute atomic E-state index is 12.9. The third-order valence-corrected chi connectivity index (χ3v) is 6.16. The van der Waals surface area contributed by atoms with Crippen LogP contribution >= 0.6 is 0 Å². The number of ether oxygens (including phenoxy) is 2. The molecule has 3 heterocycles. The van der Waals surface area contributed by atoms with Crippen LogP contribution in [0.4, 0.5) is 5.69 Å². The number of esters is 2. The van der Waals surface area contributed by atoms with Gasteiger partial charge in [0.05, 0.1) is 31.0 Å². The topological polar surface area (TPSA) is 90.2 Å². The molecule has 0 amide bonds. The van der Waals surface area contributed by atoms with E-state index >= 15 is 0 Å². The highest BCUT2D eigenvalue weighted by Crippen LogP contribution is 2.40. The molecule has 0 aliphatic carbocycles. The minimum absolute atomic E-state index is 0.138. The first-order valence-electron chi connectivity index (χ1n) is 10.3. The van der Waals surface area contributed by atoms with Crippen LogP contribution in [-0.4, -0.2) is 54.6 Å². The number of fused-ring (bicyclic) bond motifs is 1. The van der Waals surface area contributed by atoms with Crippen molar-refractivity contribution in [3.63, 3.8) is 0 Å². The molecule has 0 N–H and O–H groups in total. The molecule has 0 saturated carbocycles. The van der Waals surface area contributed by atoms with Gasteiger partial charge in [-0.15, -0.1) is 6.58 Å². The monoisotopic (exact) mass is 427 g/mol. The van der Waals surface area contributed by atoms with Gasteiger partial charge in [0.2, 0.25) is 0 Å².